The molecule has 1 N–H and O–H groups in total. The first-order valence-corrected chi connectivity index (χ1v) is 8.90. The zero-order valence-electron chi connectivity index (χ0n) is 15.0. The molecule has 0 aliphatic rings. The summed E-state index contributed by atoms with van der Waals surface area (Å²) >= 11 is 0. The molecule has 0 saturated heterocycles. The van der Waals surface area contributed by atoms with Gasteiger partial charge in [0.15, 0.2) is 5.65 Å². The first-order valence-electron chi connectivity index (χ1n) is 8.90. The number of aromatic nitrogens is 5. The molecule has 140 valence electrons. The number of hydrogen-bond donors (Lipinski definition) is 1. The van der Waals surface area contributed by atoms with Gasteiger partial charge < -0.3 is 5.32 Å². The van der Waals surface area contributed by atoms with Crippen molar-refractivity contribution in [2.75, 3.05) is 6.54 Å². The van der Waals surface area contributed by atoms with E-state index in [0.717, 1.165) is 17.0 Å². The molecule has 4 aromatic rings. The fraction of sp³-hybridized carbons (Fsp3) is 0.150. The molecule has 0 aliphatic carbocycles. The smallest absolute Gasteiger partial charge is 0.267 e. The van der Waals surface area contributed by atoms with Crippen LogP contribution in [0.1, 0.15) is 5.82 Å². The topological polar surface area (TPSA) is 94.2 Å². The number of hydrogen-bond acceptors (Lipinski definition) is 5. The maximum absolute atomic E-state index is 12.3. The molecular weight excluding hydrogens is 356 g/mol. The molecule has 0 unspecified atom stereocenters. The SMILES string of the molecule is O=C(Cn1nc(-c2ccccc2)ccc1=O)NCCc1nnc2ccccn12. The van der Waals surface area contributed by atoms with Crippen molar-refractivity contribution in [1.82, 2.24) is 29.7 Å². The molecule has 0 saturated carbocycles. The van der Waals surface area contributed by atoms with Crippen molar-refractivity contribution in [3.8, 4) is 11.3 Å². The van der Waals surface area contributed by atoms with E-state index in [1.165, 1.54) is 10.7 Å². The fourth-order valence-electron chi connectivity index (χ4n) is 2.89. The lowest BCUT2D eigenvalue weighted by molar-refractivity contribution is -0.121. The van der Waals surface area contributed by atoms with Crippen LogP contribution in [0.15, 0.2) is 71.7 Å². The Labute approximate surface area is 160 Å². The van der Waals surface area contributed by atoms with Crippen LogP contribution in [0.2, 0.25) is 0 Å². The van der Waals surface area contributed by atoms with Crippen LogP contribution in [-0.4, -0.2) is 36.8 Å². The Balaban J connectivity index is 1.39. The van der Waals surface area contributed by atoms with Gasteiger partial charge in [-0.15, -0.1) is 10.2 Å². The first kappa shape index (κ1) is 17.6. The second-order valence-corrected chi connectivity index (χ2v) is 6.23. The van der Waals surface area contributed by atoms with Gasteiger partial charge in [-0.1, -0.05) is 36.4 Å². The van der Waals surface area contributed by atoms with Crippen molar-refractivity contribution in [1.29, 1.82) is 0 Å². The summed E-state index contributed by atoms with van der Waals surface area (Å²) in [5.41, 5.74) is 1.97. The third kappa shape index (κ3) is 3.80. The highest BCUT2D eigenvalue weighted by Crippen LogP contribution is 2.13. The summed E-state index contributed by atoms with van der Waals surface area (Å²) < 4.78 is 3.05. The predicted molar refractivity (Wildman–Crippen MR) is 104 cm³/mol. The van der Waals surface area contributed by atoms with Crippen molar-refractivity contribution in [3.05, 3.63) is 83.0 Å². The lowest BCUT2D eigenvalue weighted by Gasteiger charge is -2.08. The van der Waals surface area contributed by atoms with E-state index < -0.39 is 0 Å². The maximum atomic E-state index is 12.3. The molecule has 8 heteroatoms. The van der Waals surface area contributed by atoms with Crippen LogP contribution in [0.3, 0.4) is 0 Å². The van der Waals surface area contributed by atoms with E-state index >= 15 is 0 Å². The Kier molecular flexibility index (Phi) is 4.92. The van der Waals surface area contributed by atoms with E-state index in [4.69, 9.17) is 0 Å². The summed E-state index contributed by atoms with van der Waals surface area (Å²) in [5, 5.41) is 15.3. The molecule has 3 heterocycles. The van der Waals surface area contributed by atoms with Gasteiger partial charge >= 0.3 is 0 Å². The molecule has 0 bridgehead atoms. The Bertz CT molecular complexity index is 1170. The molecule has 28 heavy (non-hydrogen) atoms. The zero-order chi connectivity index (χ0) is 19.3. The van der Waals surface area contributed by atoms with Gasteiger partial charge in [0.05, 0.1) is 5.69 Å². The number of carbonyl (C=O) groups excluding carboxylic acids is 1. The van der Waals surface area contributed by atoms with Crippen LogP contribution in [-0.2, 0) is 17.8 Å². The van der Waals surface area contributed by atoms with Crippen molar-refractivity contribution in [2.24, 2.45) is 0 Å². The minimum Gasteiger partial charge on any atom is -0.354 e. The molecule has 1 aromatic carbocycles. The molecule has 1 amide bonds. The van der Waals surface area contributed by atoms with Gasteiger partial charge in [-0.3, -0.25) is 14.0 Å². The van der Waals surface area contributed by atoms with Gasteiger partial charge in [0, 0.05) is 30.8 Å². The van der Waals surface area contributed by atoms with Gasteiger partial charge in [0.1, 0.15) is 12.4 Å². The summed E-state index contributed by atoms with van der Waals surface area (Å²) in [7, 11) is 0. The quantitative estimate of drug-likeness (QED) is 0.549. The molecule has 8 nitrogen and oxygen atoms in total. The Morgan fingerprint density at radius 3 is 2.64 bits per heavy atom. The number of nitrogens with one attached hydrogen (secondary N) is 1. The van der Waals surface area contributed by atoms with Gasteiger partial charge in [-0.2, -0.15) is 5.10 Å². The number of rotatable bonds is 6. The van der Waals surface area contributed by atoms with Crippen molar-refractivity contribution < 1.29 is 4.79 Å². The lowest BCUT2D eigenvalue weighted by atomic mass is 10.1. The van der Waals surface area contributed by atoms with Gasteiger partial charge in [0.25, 0.3) is 5.56 Å². The number of nitrogens with zero attached hydrogens (tertiary/aromatic N) is 5. The Morgan fingerprint density at radius 1 is 0.964 bits per heavy atom. The Morgan fingerprint density at radius 2 is 1.79 bits per heavy atom. The van der Waals surface area contributed by atoms with Gasteiger partial charge in [0.2, 0.25) is 5.91 Å². The third-order valence-corrected chi connectivity index (χ3v) is 4.28. The van der Waals surface area contributed by atoms with Crippen molar-refractivity contribution in [3.63, 3.8) is 0 Å². The van der Waals surface area contributed by atoms with E-state index in [2.05, 4.69) is 20.6 Å². The second kappa shape index (κ2) is 7.83. The van der Waals surface area contributed by atoms with Crippen LogP contribution in [0.25, 0.3) is 16.9 Å². The highest BCUT2D eigenvalue weighted by molar-refractivity contribution is 5.75. The second-order valence-electron chi connectivity index (χ2n) is 6.23. The number of pyridine rings is 1. The summed E-state index contributed by atoms with van der Waals surface area (Å²) in [6.07, 6.45) is 2.41. The third-order valence-electron chi connectivity index (χ3n) is 4.28. The molecule has 0 spiro atoms. The predicted octanol–water partition coefficient (Wildman–Crippen LogP) is 1.31. The van der Waals surface area contributed by atoms with Crippen molar-refractivity contribution in [2.45, 2.75) is 13.0 Å². The van der Waals surface area contributed by atoms with Gasteiger partial charge in [-0.25, -0.2) is 4.68 Å². The van der Waals surface area contributed by atoms with E-state index in [1.54, 1.807) is 6.07 Å². The number of fused-ring (bicyclic) bond motifs is 1. The molecule has 0 aliphatic heterocycles. The summed E-state index contributed by atoms with van der Waals surface area (Å²) in [6, 6.07) is 18.2. The summed E-state index contributed by atoms with van der Waals surface area (Å²) in [5.74, 6) is 0.478. The average Bonchev–Trinajstić information content (AvgIpc) is 3.13. The molecular formula is C20H18N6O2. The molecule has 0 atom stereocenters. The van der Waals surface area contributed by atoms with Crippen LogP contribution >= 0.6 is 0 Å². The van der Waals surface area contributed by atoms with Crippen LogP contribution in [0.4, 0.5) is 0 Å². The van der Waals surface area contributed by atoms with E-state index in [9.17, 15) is 9.59 Å². The molecule has 4 rings (SSSR count). The number of benzene rings is 1. The summed E-state index contributed by atoms with van der Waals surface area (Å²) in [4.78, 5) is 24.3. The first-order chi connectivity index (χ1) is 13.7. The minimum atomic E-state index is -0.321. The van der Waals surface area contributed by atoms with E-state index in [1.807, 2.05) is 59.1 Å². The molecule has 0 fully saturated rings. The van der Waals surface area contributed by atoms with Crippen LogP contribution in [0, 0.1) is 0 Å². The lowest BCUT2D eigenvalue weighted by Crippen LogP contribution is -2.34. The van der Waals surface area contributed by atoms with Crippen LogP contribution < -0.4 is 10.9 Å². The minimum absolute atomic E-state index is 0.139. The van der Waals surface area contributed by atoms with Gasteiger partial charge in [-0.05, 0) is 18.2 Å². The number of carbonyl (C=O) groups is 1. The van der Waals surface area contributed by atoms with Crippen molar-refractivity contribution >= 4 is 11.6 Å². The highest BCUT2D eigenvalue weighted by atomic mass is 16.2. The standard InChI is InChI=1S/C20H18N6O2/c27-19(21-12-11-18-23-22-17-8-4-5-13-25(17)18)14-26-20(28)10-9-16(24-26)15-6-2-1-3-7-15/h1-10,13H,11-12,14H2,(H,21,27). The largest absolute Gasteiger partial charge is 0.354 e. The Hall–Kier alpha value is -3.81. The number of amides is 1. The zero-order valence-corrected chi connectivity index (χ0v) is 15.0. The van der Waals surface area contributed by atoms with E-state index in [0.29, 0.717) is 18.7 Å². The maximum Gasteiger partial charge on any atom is 0.267 e. The summed E-state index contributed by atoms with van der Waals surface area (Å²) in [6.45, 7) is 0.252. The highest BCUT2D eigenvalue weighted by Gasteiger charge is 2.09. The molecule has 3 aromatic heterocycles. The van der Waals surface area contributed by atoms with E-state index in [-0.39, 0.29) is 18.0 Å². The monoisotopic (exact) mass is 374 g/mol. The normalized spacial score (nSPS) is 10.9. The van der Waals surface area contributed by atoms with Crippen LogP contribution in [0.5, 0.6) is 0 Å². The fourth-order valence-corrected chi connectivity index (χ4v) is 2.89. The average molecular weight is 374 g/mol. The molecule has 0 radical (unpaired) electrons.